The number of hydrogen-bond donors (Lipinski definition) is 0. The molecule has 0 bridgehead atoms. The highest BCUT2D eigenvalue weighted by Gasteiger charge is 2.41. The van der Waals surface area contributed by atoms with Gasteiger partial charge in [0.05, 0.1) is 11.5 Å². The zero-order valence-electron chi connectivity index (χ0n) is 16.8. The van der Waals surface area contributed by atoms with Crippen LogP contribution in [0.4, 0.5) is 10.5 Å². The second-order valence-electron chi connectivity index (χ2n) is 6.69. The third-order valence-electron chi connectivity index (χ3n) is 4.54. The minimum Gasteiger partial charge on any atom is -0.464 e. The molecule has 0 aliphatic carbocycles. The number of thioether (sulfide) groups is 1. The zero-order valence-corrected chi connectivity index (χ0v) is 17.6. The number of aromatic nitrogens is 1. The number of amides is 2. The number of hydrogen-bond acceptors (Lipinski definition) is 6. The molecule has 2 amide bonds. The largest absolute Gasteiger partial charge is 0.464 e. The predicted octanol–water partition coefficient (Wildman–Crippen LogP) is 3.53. The minimum absolute atomic E-state index is 0.190. The highest BCUT2D eigenvalue weighted by atomic mass is 32.2. The lowest BCUT2D eigenvalue weighted by Gasteiger charge is -2.19. The second-order valence-corrected chi connectivity index (χ2v) is 7.69. The van der Waals surface area contributed by atoms with Gasteiger partial charge in [0.15, 0.2) is 0 Å². The lowest BCUT2D eigenvalue weighted by atomic mass is 10.2. The molecule has 1 aliphatic rings. The molecule has 3 rings (SSSR count). The van der Waals surface area contributed by atoms with Crippen LogP contribution in [0.3, 0.4) is 0 Å². The summed E-state index contributed by atoms with van der Waals surface area (Å²) in [6.07, 6.45) is 3.56. The van der Waals surface area contributed by atoms with Crippen molar-refractivity contribution in [1.82, 2.24) is 9.47 Å². The van der Waals surface area contributed by atoms with Crippen LogP contribution in [0.5, 0.6) is 0 Å². The van der Waals surface area contributed by atoms with Crippen molar-refractivity contribution in [3.05, 3.63) is 53.2 Å². The van der Waals surface area contributed by atoms with Crippen LogP contribution in [-0.4, -0.2) is 53.3 Å². The summed E-state index contributed by atoms with van der Waals surface area (Å²) in [5.74, 6) is -1.09. The first-order valence-corrected chi connectivity index (χ1v) is 10.0. The third-order valence-corrected chi connectivity index (χ3v) is 5.43. The van der Waals surface area contributed by atoms with E-state index in [-0.39, 0.29) is 11.5 Å². The average molecular weight is 413 g/mol. The number of carbonyl (C=O) groups excluding carboxylic acids is 3. The van der Waals surface area contributed by atoms with E-state index < -0.39 is 23.2 Å². The number of carbonyl (C=O) groups is 3. The van der Waals surface area contributed by atoms with Crippen LogP contribution in [0, 0.1) is 0 Å². The average Bonchev–Trinajstić information content (AvgIpc) is 3.26. The monoisotopic (exact) mass is 413 g/mol. The van der Waals surface area contributed by atoms with Crippen molar-refractivity contribution >= 4 is 40.6 Å². The van der Waals surface area contributed by atoms with Gasteiger partial charge >= 0.3 is 5.97 Å². The van der Waals surface area contributed by atoms with Gasteiger partial charge < -0.3 is 14.2 Å². The van der Waals surface area contributed by atoms with E-state index in [0.717, 1.165) is 33.7 Å². The molecule has 1 aromatic carbocycles. The summed E-state index contributed by atoms with van der Waals surface area (Å²) in [4.78, 5) is 40.3. The standard InChI is InChI=1S/C21H23N3O4S/c1-5-28-20(26)14(2)24-19(25)18(29-21(24)27)13-17-7-6-12-23(17)16-10-8-15(9-11-16)22(3)4/h6-14H,5H2,1-4H3/b18-13-/t14-/m0/s1. The zero-order chi connectivity index (χ0) is 21.1. The van der Waals surface area contributed by atoms with Gasteiger partial charge in [-0.05, 0) is 68.1 Å². The van der Waals surface area contributed by atoms with Crippen LogP contribution in [0.15, 0.2) is 47.5 Å². The van der Waals surface area contributed by atoms with Gasteiger partial charge in [0.1, 0.15) is 6.04 Å². The van der Waals surface area contributed by atoms with Crippen LogP contribution >= 0.6 is 11.8 Å². The minimum atomic E-state index is -0.960. The Morgan fingerprint density at radius 2 is 1.90 bits per heavy atom. The molecule has 0 unspecified atom stereocenters. The second kappa shape index (κ2) is 8.57. The summed E-state index contributed by atoms with van der Waals surface area (Å²) in [6.45, 7) is 3.36. The molecule has 1 aliphatic heterocycles. The highest BCUT2D eigenvalue weighted by Crippen LogP contribution is 2.34. The van der Waals surface area contributed by atoms with E-state index in [1.54, 1.807) is 13.0 Å². The topological polar surface area (TPSA) is 71.8 Å². The van der Waals surface area contributed by atoms with Crippen molar-refractivity contribution in [2.45, 2.75) is 19.9 Å². The number of rotatable bonds is 6. The molecular formula is C21H23N3O4S. The molecule has 7 nitrogen and oxygen atoms in total. The maximum absolute atomic E-state index is 12.8. The lowest BCUT2D eigenvalue weighted by Crippen LogP contribution is -2.42. The fraction of sp³-hybridized carbons (Fsp3) is 0.286. The number of ether oxygens (including phenoxy) is 1. The van der Waals surface area contributed by atoms with Crippen molar-refractivity contribution in [3.8, 4) is 5.69 Å². The van der Waals surface area contributed by atoms with Gasteiger partial charge in [0.2, 0.25) is 0 Å². The molecule has 0 saturated carbocycles. The van der Waals surface area contributed by atoms with E-state index in [1.165, 1.54) is 6.92 Å². The van der Waals surface area contributed by atoms with Gasteiger partial charge in [-0.3, -0.25) is 14.5 Å². The van der Waals surface area contributed by atoms with E-state index in [0.29, 0.717) is 0 Å². The summed E-state index contributed by atoms with van der Waals surface area (Å²) >= 11 is 0.825. The molecule has 8 heteroatoms. The van der Waals surface area contributed by atoms with Gasteiger partial charge in [0.25, 0.3) is 11.1 Å². The quantitative estimate of drug-likeness (QED) is 0.533. The van der Waals surface area contributed by atoms with E-state index in [2.05, 4.69) is 0 Å². The number of benzene rings is 1. The summed E-state index contributed by atoms with van der Waals surface area (Å²) in [5.41, 5.74) is 2.78. The van der Waals surface area contributed by atoms with Crippen molar-refractivity contribution in [2.75, 3.05) is 25.6 Å². The molecule has 0 N–H and O–H groups in total. The molecule has 1 atom stereocenters. The molecule has 2 aromatic rings. The van der Waals surface area contributed by atoms with Crippen LogP contribution in [0.25, 0.3) is 11.8 Å². The van der Waals surface area contributed by atoms with E-state index in [9.17, 15) is 14.4 Å². The number of nitrogens with zero attached hydrogens (tertiary/aromatic N) is 3. The first kappa shape index (κ1) is 20.7. The molecule has 1 aromatic heterocycles. The Labute approximate surface area is 173 Å². The molecule has 1 fully saturated rings. The summed E-state index contributed by atoms with van der Waals surface area (Å²) < 4.78 is 6.87. The Hall–Kier alpha value is -3.00. The van der Waals surface area contributed by atoms with Gasteiger partial charge in [-0.25, -0.2) is 4.79 Å². The van der Waals surface area contributed by atoms with Crippen molar-refractivity contribution in [3.63, 3.8) is 0 Å². The first-order chi connectivity index (χ1) is 13.8. The predicted molar refractivity (Wildman–Crippen MR) is 114 cm³/mol. The fourth-order valence-corrected chi connectivity index (χ4v) is 3.87. The fourth-order valence-electron chi connectivity index (χ4n) is 2.97. The van der Waals surface area contributed by atoms with Crippen LogP contribution in [0.1, 0.15) is 19.5 Å². The van der Waals surface area contributed by atoms with Crippen molar-refractivity contribution in [1.29, 1.82) is 0 Å². The molecule has 0 radical (unpaired) electrons. The van der Waals surface area contributed by atoms with Crippen LogP contribution < -0.4 is 4.90 Å². The lowest BCUT2D eigenvalue weighted by molar-refractivity contribution is -0.150. The van der Waals surface area contributed by atoms with E-state index in [4.69, 9.17) is 4.74 Å². The van der Waals surface area contributed by atoms with Crippen LogP contribution in [0.2, 0.25) is 0 Å². The number of anilines is 1. The van der Waals surface area contributed by atoms with Crippen molar-refractivity contribution in [2.24, 2.45) is 0 Å². The summed E-state index contributed by atoms with van der Waals surface area (Å²) in [5, 5.41) is -0.477. The smallest absolute Gasteiger partial charge is 0.329 e. The SMILES string of the molecule is CCOC(=O)[C@H](C)N1C(=O)S/C(=C\c2cccn2-c2ccc(N(C)C)cc2)C1=O. The van der Waals surface area contributed by atoms with Gasteiger partial charge in [0, 0.05) is 37.4 Å². The Bertz CT molecular complexity index is 963. The molecule has 0 spiro atoms. The van der Waals surface area contributed by atoms with Gasteiger partial charge in [-0.2, -0.15) is 0 Å². The third kappa shape index (κ3) is 4.22. The first-order valence-electron chi connectivity index (χ1n) is 9.22. The Balaban J connectivity index is 1.87. The molecular weight excluding hydrogens is 390 g/mol. The number of esters is 1. The normalized spacial score (nSPS) is 16.4. The summed E-state index contributed by atoms with van der Waals surface area (Å²) in [7, 11) is 3.95. The van der Waals surface area contributed by atoms with Gasteiger partial charge in [-0.1, -0.05) is 0 Å². The van der Waals surface area contributed by atoms with Crippen LogP contribution in [-0.2, 0) is 14.3 Å². The summed E-state index contributed by atoms with van der Waals surface area (Å²) in [6, 6.07) is 10.8. The van der Waals surface area contributed by atoms with Gasteiger partial charge in [-0.15, -0.1) is 0 Å². The molecule has 2 heterocycles. The molecule has 29 heavy (non-hydrogen) atoms. The van der Waals surface area contributed by atoms with E-state index >= 15 is 0 Å². The Morgan fingerprint density at radius 3 is 2.52 bits per heavy atom. The molecule has 1 saturated heterocycles. The van der Waals surface area contributed by atoms with E-state index in [1.807, 2.05) is 66.2 Å². The Morgan fingerprint density at radius 1 is 1.21 bits per heavy atom. The maximum atomic E-state index is 12.8. The highest BCUT2D eigenvalue weighted by molar-refractivity contribution is 8.18. The molecule has 152 valence electrons. The number of imide groups is 1. The Kier molecular flexibility index (Phi) is 6.12. The maximum Gasteiger partial charge on any atom is 0.329 e. The van der Waals surface area contributed by atoms with Crippen molar-refractivity contribution < 1.29 is 19.1 Å².